The summed E-state index contributed by atoms with van der Waals surface area (Å²) >= 11 is 1.48. The minimum absolute atomic E-state index is 0.0321. The standard InChI is InChI=1S/C14H23N3S/c1-2-8-12-14(18-17-16-12)13(15)11-9-6-4-3-5-7-10-11/h9,13H,2-8,10,15H2,1H3. The summed E-state index contributed by atoms with van der Waals surface area (Å²) in [6.45, 7) is 2.17. The zero-order chi connectivity index (χ0) is 12.8. The molecule has 0 saturated carbocycles. The van der Waals surface area contributed by atoms with Crippen molar-refractivity contribution in [3.8, 4) is 0 Å². The summed E-state index contributed by atoms with van der Waals surface area (Å²) in [4.78, 5) is 1.18. The van der Waals surface area contributed by atoms with E-state index in [0.29, 0.717) is 0 Å². The number of nitrogens with two attached hydrogens (primary N) is 1. The van der Waals surface area contributed by atoms with Gasteiger partial charge >= 0.3 is 0 Å². The van der Waals surface area contributed by atoms with E-state index < -0.39 is 0 Å². The van der Waals surface area contributed by atoms with Crippen LogP contribution in [0.5, 0.6) is 0 Å². The highest BCUT2D eigenvalue weighted by atomic mass is 32.1. The summed E-state index contributed by atoms with van der Waals surface area (Å²) in [6, 6.07) is 0.0321. The van der Waals surface area contributed by atoms with Crippen molar-refractivity contribution in [1.29, 1.82) is 0 Å². The van der Waals surface area contributed by atoms with Crippen molar-refractivity contribution in [2.45, 2.75) is 64.3 Å². The van der Waals surface area contributed by atoms with Crippen molar-refractivity contribution in [2.75, 3.05) is 0 Å². The van der Waals surface area contributed by atoms with Crippen LogP contribution < -0.4 is 5.73 Å². The van der Waals surface area contributed by atoms with Crippen molar-refractivity contribution < 1.29 is 0 Å². The number of rotatable bonds is 4. The first-order valence-electron chi connectivity index (χ1n) is 7.08. The molecule has 100 valence electrons. The predicted octanol–water partition coefficient (Wildman–Crippen LogP) is 3.77. The Balaban J connectivity index is 2.12. The van der Waals surface area contributed by atoms with Gasteiger partial charge in [-0.15, -0.1) is 5.10 Å². The molecule has 0 amide bonds. The van der Waals surface area contributed by atoms with Crippen LogP contribution in [-0.2, 0) is 6.42 Å². The fourth-order valence-corrected chi connectivity index (χ4v) is 3.27. The summed E-state index contributed by atoms with van der Waals surface area (Å²) in [6.07, 6.45) is 12.1. The van der Waals surface area contributed by atoms with Crippen molar-refractivity contribution in [2.24, 2.45) is 5.73 Å². The van der Waals surface area contributed by atoms with Gasteiger partial charge in [0.25, 0.3) is 0 Å². The molecule has 2 rings (SSSR count). The number of hydrogen-bond acceptors (Lipinski definition) is 4. The molecule has 0 aliphatic heterocycles. The molecule has 0 radical (unpaired) electrons. The molecule has 4 heteroatoms. The predicted molar refractivity (Wildman–Crippen MR) is 76.6 cm³/mol. The van der Waals surface area contributed by atoms with Crippen LogP contribution in [0.3, 0.4) is 0 Å². The summed E-state index contributed by atoms with van der Waals surface area (Å²) in [5.74, 6) is 0. The third kappa shape index (κ3) is 3.39. The van der Waals surface area contributed by atoms with Crippen LogP contribution in [0.15, 0.2) is 11.6 Å². The molecule has 1 aromatic heterocycles. The van der Waals surface area contributed by atoms with E-state index >= 15 is 0 Å². The van der Waals surface area contributed by atoms with Gasteiger partial charge in [-0.3, -0.25) is 0 Å². The monoisotopic (exact) mass is 265 g/mol. The normalized spacial score (nSPS) is 18.9. The minimum Gasteiger partial charge on any atom is -0.320 e. The first kappa shape index (κ1) is 13.7. The molecular formula is C14H23N3S. The summed E-state index contributed by atoms with van der Waals surface area (Å²) < 4.78 is 4.08. The largest absolute Gasteiger partial charge is 0.320 e. The fraction of sp³-hybridized carbons (Fsp3) is 0.714. The third-order valence-electron chi connectivity index (χ3n) is 3.58. The Morgan fingerprint density at radius 1 is 1.33 bits per heavy atom. The second-order valence-electron chi connectivity index (χ2n) is 5.04. The second-order valence-corrected chi connectivity index (χ2v) is 5.83. The number of hydrogen-bond donors (Lipinski definition) is 1. The zero-order valence-corrected chi connectivity index (χ0v) is 12.0. The van der Waals surface area contributed by atoms with Crippen LogP contribution in [0.25, 0.3) is 0 Å². The van der Waals surface area contributed by atoms with Gasteiger partial charge in [-0.05, 0) is 43.6 Å². The highest BCUT2D eigenvalue weighted by Gasteiger charge is 2.19. The topological polar surface area (TPSA) is 51.8 Å². The van der Waals surface area contributed by atoms with E-state index in [9.17, 15) is 0 Å². The van der Waals surface area contributed by atoms with E-state index in [1.54, 1.807) is 0 Å². The van der Waals surface area contributed by atoms with Gasteiger partial charge in [0.1, 0.15) is 0 Å². The van der Waals surface area contributed by atoms with E-state index in [1.165, 1.54) is 54.1 Å². The van der Waals surface area contributed by atoms with E-state index in [1.807, 2.05) is 0 Å². The molecule has 1 heterocycles. The first-order chi connectivity index (χ1) is 8.83. The van der Waals surface area contributed by atoms with Crippen LogP contribution in [0, 0.1) is 0 Å². The zero-order valence-electron chi connectivity index (χ0n) is 11.2. The van der Waals surface area contributed by atoms with Crippen molar-refractivity contribution in [3.63, 3.8) is 0 Å². The molecule has 0 saturated heterocycles. The lowest BCUT2D eigenvalue weighted by Gasteiger charge is -2.17. The molecule has 2 N–H and O–H groups in total. The van der Waals surface area contributed by atoms with Crippen LogP contribution in [0.2, 0.25) is 0 Å². The highest BCUT2D eigenvalue weighted by molar-refractivity contribution is 7.05. The SMILES string of the molecule is CCCc1nnsc1C(N)C1=CCCCCCC1. The van der Waals surface area contributed by atoms with Gasteiger partial charge in [0, 0.05) is 0 Å². The van der Waals surface area contributed by atoms with Crippen molar-refractivity contribution in [1.82, 2.24) is 9.59 Å². The molecule has 0 bridgehead atoms. The molecule has 18 heavy (non-hydrogen) atoms. The lowest BCUT2D eigenvalue weighted by atomic mass is 9.94. The molecule has 1 atom stereocenters. The smallest absolute Gasteiger partial charge is 0.0807 e. The van der Waals surface area contributed by atoms with Gasteiger partial charge < -0.3 is 5.73 Å². The summed E-state index contributed by atoms with van der Waals surface area (Å²) in [5, 5.41) is 4.23. The maximum atomic E-state index is 6.43. The maximum absolute atomic E-state index is 6.43. The van der Waals surface area contributed by atoms with Gasteiger partial charge in [0.2, 0.25) is 0 Å². The van der Waals surface area contributed by atoms with E-state index in [2.05, 4.69) is 22.6 Å². The van der Waals surface area contributed by atoms with Gasteiger partial charge in [0.05, 0.1) is 16.6 Å². The van der Waals surface area contributed by atoms with Gasteiger partial charge in [-0.25, -0.2) is 0 Å². The number of aromatic nitrogens is 2. The highest BCUT2D eigenvalue weighted by Crippen LogP contribution is 2.30. The molecule has 1 aliphatic carbocycles. The van der Waals surface area contributed by atoms with Crippen LogP contribution in [0.1, 0.15) is 68.5 Å². The van der Waals surface area contributed by atoms with Gasteiger partial charge in [0.15, 0.2) is 0 Å². The van der Waals surface area contributed by atoms with Crippen molar-refractivity contribution >= 4 is 11.5 Å². The molecular weight excluding hydrogens is 242 g/mol. The first-order valence-corrected chi connectivity index (χ1v) is 7.86. The number of allylic oxidation sites excluding steroid dienone is 1. The lowest BCUT2D eigenvalue weighted by molar-refractivity contribution is 0.602. The average molecular weight is 265 g/mol. The van der Waals surface area contributed by atoms with Gasteiger partial charge in [-0.1, -0.05) is 42.3 Å². The number of nitrogens with zero attached hydrogens (tertiary/aromatic N) is 2. The number of aryl methyl sites for hydroxylation is 1. The molecule has 3 nitrogen and oxygen atoms in total. The molecule has 0 spiro atoms. The molecule has 0 aromatic carbocycles. The Bertz CT molecular complexity index is 397. The Kier molecular flexibility index (Phi) is 5.32. The third-order valence-corrected chi connectivity index (χ3v) is 4.43. The van der Waals surface area contributed by atoms with E-state index in [4.69, 9.17) is 5.73 Å². The Hall–Kier alpha value is -0.740. The Morgan fingerprint density at radius 2 is 2.17 bits per heavy atom. The van der Waals surface area contributed by atoms with Gasteiger partial charge in [-0.2, -0.15) is 0 Å². The molecule has 0 fully saturated rings. The van der Waals surface area contributed by atoms with Crippen LogP contribution >= 0.6 is 11.5 Å². The quantitative estimate of drug-likeness (QED) is 0.843. The Morgan fingerprint density at radius 3 is 3.00 bits per heavy atom. The second kappa shape index (κ2) is 7.00. The summed E-state index contributed by atoms with van der Waals surface area (Å²) in [7, 11) is 0. The average Bonchev–Trinajstić information content (AvgIpc) is 2.76. The Labute approximate surface area is 114 Å². The van der Waals surface area contributed by atoms with E-state index in [-0.39, 0.29) is 6.04 Å². The molecule has 1 unspecified atom stereocenters. The minimum atomic E-state index is 0.0321. The molecule has 1 aromatic rings. The lowest BCUT2D eigenvalue weighted by Crippen LogP contribution is -2.14. The van der Waals surface area contributed by atoms with Crippen molar-refractivity contribution in [3.05, 3.63) is 22.2 Å². The van der Waals surface area contributed by atoms with Crippen LogP contribution in [-0.4, -0.2) is 9.59 Å². The maximum Gasteiger partial charge on any atom is 0.0807 e. The van der Waals surface area contributed by atoms with E-state index in [0.717, 1.165) is 25.0 Å². The fourth-order valence-electron chi connectivity index (χ4n) is 2.53. The summed E-state index contributed by atoms with van der Waals surface area (Å²) in [5.41, 5.74) is 8.94. The molecule has 1 aliphatic rings. The van der Waals surface area contributed by atoms with Crippen LogP contribution in [0.4, 0.5) is 0 Å².